The summed E-state index contributed by atoms with van der Waals surface area (Å²) in [6.45, 7) is 4.02. The Morgan fingerprint density at radius 3 is 2.56 bits per heavy atom. The molecule has 1 aromatic heterocycles. The van der Waals surface area contributed by atoms with Gasteiger partial charge in [0.05, 0.1) is 18.6 Å². The fourth-order valence-electron chi connectivity index (χ4n) is 1.42. The summed E-state index contributed by atoms with van der Waals surface area (Å²) in [4.78, 5) is 7.90. The standard InChI is InChI=1S/C11H16F3N3O/c1-3-8-9(15-4-2)16-7-17-10(8)18-6-5-11(12,13)14/h7H,3-6H2,1-2H3,(H,15,16,17). The molecule has 0 saturated carbocycles. The van der Waals surface area contributed by atoms with Gasteiger partial charge in [-0.2, -0.15) is 13.2 Å². The SMILES string of the molecule is CCNc1ncnc(OCCC(F)(F)F)c1CC. The van der Waals surface area contributed by atoms with Gasteiger partial charge in [-0.3, -0.25) is 0 Å². The molecule has 0 spiro atoms. The van der Waals surface area contributed by atoms with Crippen LogP contribution in [0.25, 0.3) is 0 Å². The van der Waals surface area contributed by atoms with Crippen molar-refractivity contribution in [1.29, 1.82) is 0 Å². The minimum Gasteiger partial charge on any atom is -0.477 e. The molecule has 0 aliphatic carbocycles. The van der Waals surface area contributed by atoms with Crippen LogP contribution in [0.5, 0.6) is 5.88 Å². The maximum absolute atomic E-state index is 12.0. The number of ether oxygens (including phenoxy) is 1. The van der Waals surface area contributed by atoms with Crippen molar-refractivity contribution >= 4 is 5.82 Å². The highest BCUT2D eigenvalue weighted by atomic mass is 19.4. The van der Waals surface area contributed by atoms with Gasteiger partial charge in [-0.25, -0.2) is 9.97 Å². The Kier molecular flexibility index (Phi) is 5.18. The number of anilines is 1. The number of rotatable bonds is 6. The molecule has 1 N–H and O–H groups in total. The Morgan fingerprint density at radius 2 is 2.00 bits per heavy atom. The van der Waals surface area contributed by atoms with Gasteiger partial charge in [-0.05, 0) is 13.3 Å². The van der Waals surface area contributed by atoms with Gasteiger partial charge in [0.15, 0.2) is 0 Å². The van der Waals surface area contributed by atoms with Crippen molar-refractivity contribution in [2.24, 2.45) is 0 Å². The Balaban J connectivity index is 2.72. The van der Waals surface area contributed by atoms with E-state index in [0.717, 1.165) is 0 Å². The first-order valence-electron chi connectivity index (χ1n) is 5.75. The van der Waals surface area contributed by atoms with Crippen LogP contribution in [0, 0.1) is 0 Å². The minimum absolute atomic E-state index is 0.215. The van der Waals surface area contributed by atoms with Crippen LogP contribution >= 0.6 is 0 Å². The quantitative estimate of drug-likeness (QED) is 0.857. The molecule has 1 rings (SSSR count). The molecule has 0 saturated heterocycles. The molecule has 1 heterocycles. The molecule has 0 amide bonds. The summed E-state index contributed by atoms with van der Waals surface area (Å²) in [7, 11) is 0. The molecule has 102 valence electrons. The molecule has 0 radical (unpaired) electrons. The second-order valence-corrected chi connectivity index (χ2v) is 3.60. The van der Waals surface area contributed by atoms with Gasteiger partial charge in [0.25, 0.3) is 0 Å². The summed E-state index contributed by atoms with van der Waals surface area (Å²) < 4.78 is 41.1. The molecule has 0 fully saturated rings. The second-order valence-electron chi connectivity index (χ2n) is 3.60. The normalized spacial score (nSPS) is 11.4. The van der Waals surface area contributed by atoms with Crippen LogP contribution in [0.15, 0.2) is 6.33 Å². The van der Waals surface area contributed by atoms with E-state index >= 15 is 0 Å². The molecule has 4 nitrogen and oxygen atoms in total. The molecular formula is C11H16F3N3O. The van der Waals surface area contributed by atoms with Crippen molar-refractivity contribution in [1.82, 2.24) is 9.97 Å². The van der Waals surface area contributed by atoms with Crippen molar-refractivity contribution in [3.8, 4) is 5.88 Å². The van der Waals surface area contributed by atoms with Gasteiger partial charge in [-0.1, -0.05) is 6.92 Å². The molecule has 18 heavy (non-hydrogen) atoms. The van der Waals surface area contributed by atoms with E-state index < -0.39 is 19.2 Å². The van der Waals surface area contributed by atoms with Crippen molar-refractivity contribution in [3.63, 3.8) is 0 Å². The first-order chi connectivity index (χ1) is 8.48. The van der Waals surface area contributed by atoms with E-state index in [2.05, 4.69) is 15.3 Å². The molecule has 0 unspecified atom stereocenters. The summed E-state index contributed by atoms with van der Waals surface area (Å²) in [5.41, 5.74) is 0.696. The smallest absolute Gasteiger partial charge is 0.392 e. The third kappa shape index (κ3) is 4.38. The van der Waals surface area contributed by atoms with Gasteiger partial charge in [-0.15, -0.1) is 0 Å². The van der Waals surface area contributed by atoms with Gasteiger partial charge in [0.2, 0.25) is 5.88 Å². The van der Waals surface area contributed by atoms with Crippen molar-refractivity contribution in [2.45, 2.75) is 32.9 Å². The van der Waals surface area contributed by atoms with Crippen molar-refractivity contribution < 1.29 is 17.9 Å². The van der Waals surface area contributed by atoms with Crippen LogP contribution in [-0.4, -0.2) is 29.3 Å². The highest BCUT2D eigenvalue weighted by Crippen LogP contribution is 2.24. The second kappa shape index (κ2) is 6.42. The number of nitrogens with zero attached hydrogens (tertiary/aromatic N) is 2. The predicted octanol–water partition coefficient (Wildman–Crippen LogP) is 2.80. The zero-order chi connectivity index (χ0) is 13.6. The molecule has 0 atom stereocenters. The summed E-state index contributed by atoms with van der Waals surface area (Å²) >= 11 is 0. The number of alkyl halides is 3. The lowest BCUT2D eigenvalue weighted by atomic mass is 10.2. The largest absolute Gasteiger partial charge is 0.477 e. The molecule has 0 aliphatic rings. The van der Waals surface area contributed by atoms with Crippen LogP contribution in [0.2, 0.25) is 0 Å². The average Bonchev–Trinajstić information content (AvgIpc) is 2.28. The van der Waals surface area contributed by atoms with E-state index in [1.54, 1.807) is 0 Å². The lowest BCUT2D eigenvalue weighted by Crippen LogP contribution is -2.14. The number of halogens is 3. The molecule has 1 aromatic rings. The summed E-state index contributed by atoms with van der Waals surface area (Å²) in [5.74, 6) is 0.824. The monoisotopic (exact) mass is 263 g/mol. The third-order valence-electron chi connectivity index (χ3n) is 2.23. The van der Waals surface area contributed by atoms with Crippen LogP contribution < -0.4 is 10.1 Å². The number of hydrogen-bond donors (Lipinski definition) is 1. The van der Waals surface area contributed by atoms with Crippen LogP contribution in [-0.2, 0) is 6.42 Å². The Morgan fingerprint density at radius 1 is 1.28 bits per heavy atom. The highest BCUT2D eigenvalue weighted by Gasteiger charge is 2.27. The van der Waals surface area contributed by atoms with E-state index in [1.807, 2.05) is 13.8 Å². The zero-order valence-corrected chi connectivity index (χ0v) is 10.3. The number of nitrogens with one attached hydrogen (secondary N) is 1. The highest BCUT2D eigenvalue weighted by molar-refractivity contribution is 5.48. The summed E-state index contributed by atoms with van der Waals surface area (Å²) in [6, 6.07) is 0. The zero-order valence-electron chi connectivity index (χ0n) is 10.3. The predicted molar refractivity (Wildman–Crippen MR) is 61.7 cm³/mol. The molecule has 0 aliphatic heterocycles. The van der Waals surface area contributed by atoms with E-state index in [9.17, 15) is 13.2 Å². The molecular weight excluding hydrogens is 247 g/mol. The van der Waals surface area contributed by atoms with E-state index in [4.69, 9.17) is 4.74 Å². The minimum atomic E-state index is -4.22. The van der Waals surface area contributed by atoms with Gasteiger partial charge >= 0.3 is 6.18 Å². The maximum Gasteiger partial charge on any atom is 0.392 e. The lowest BCUT2D eigenvalue weighted by Gasteiger charge is -2.13. The topological polar surface area (TPSA) is 47.0 Å². The van der Waals surface area contributed by atoms with Crippen LogP contribution in [0.4, 0.5) is 19.0 Å². The fourth-order valence-corrected chi connectivity index (χ4v) is 1.42. The summed E-state index contributed by atoms with van der Waals surface area (Å²) in [6.07, 6.45) is -3.34. The Hall–Kier alpha value is -1.53. The van der Waals surface area contributed by atoms with Gasteiger partial charge in [0.1, 0.15) is 12.1 Å². The first-order valence-corrected chi connectivity index (χ1v) is 5.75. The van der Waals surface area contributed by atoms with E-state index in [-0.39, 0.29) is 5.88 Å². The number of hydrogen-bond acceptors (Lipinski definition) is 4. The average molecular weight is 263 g/mol. The van der Waals surface area contributed by atoms with E-state index in [1.165, 1.54) is 6.33 Å². The summed E-state index contributed by atoms with van der Waals surface area (Å²) in [5, 5.41) is 3.02. The van der Waals surface area contributed by atoms with Gasteiger partial charge < -0.3 is 10.1 Å². The van der Waals surface area contributed by atoms with Gasteiger partial charge in [0, 0.05) is 6.54 Å². The molecule has 7 heteroatoms. The third-order valence-corrected chi connectivity index (χ3v) is 2.23. The van der Waals surface area contributed by atoms with Crippen LogP contribution in [0.1, 0.15) is 25.8 Å². The first kappa shape index (κ1) is 14.5. The Labute approximate surface area is 104 Å². The van der Waals surface area contributed by atoms with Crippen molar-refractivity contribution in [3.05, 3.63) is 11.9 Å². The maximum atomic E-state index is 12.0. The lowest BCUT2D eigenvalue weighted by molar-refractivity contribution is -0.139. The fraction of sp³-hybridized carbons (Fsp3) is 0.636. The van der Waals surface area contributed by atoms with Crippen molar-refractivity contribution in [2.75, 3.05) is 18.5 Å². The molecule has 0 bridgehead atoms. The molecule has 0 aromatic carbocycles. The van der Waals surface area contributed by atoms with E-state index in [0.29, 0.717) is 24.3 Å². The van der Waals surface area contributed by atoms with Crippen LogP contribution in [0.3, 0.4) is 0 Å². The number of aromatic nitrogens is 2. The Bertz CT molecular complexity index is 382.